The summed E-state index contributed by atoms with van der Waals surface area (Å²) < 4.78 is 38.9. The Balaban J connectivity index is 1.22. The number of carbonyl (C=O) groups is 1. The highest BCUT2D eigenvalue weighted by Crippen LogP contribution is 2.35. The van der Waals surface area contributed by atoms with Gasteiger partial charge >= 0.3 is 0 Å². The number of hydrogen-bond acceptors (Lipinski definition) is 8. The third-order valence-corrected chi connectivity index (χ3v) is 6.86. The van der Waals surface area contributed by atoms with Crippen molar-refractivity contribution in [1.82, 2.24) is 25.1 Å². The van der Waals surface area contributed by atoms with Gasteiger partial charge in [0.15, 0.2) is 29.0 Å². The van der Waals surface area contributed by atoms with E-state index in [1.54, 1.807) is 25.3 Å². The van der Waals surface area contributed by atoms with Gasteiger partial charge < -0.3 is 25.0 Å². The van der Waals surface area contributed by atoms with Crippen LogP contribution in [0, 0.1) is 24.1 Å². The summed E-state index contributed by atoms with van der Waals surface area (Å²) in [5, 5.41) is 13.1. The van der Waals surface area contributed by atoms with E-state index in [4.69, 9.17) is 15.9 Å². The number of fused-ring (bicyclic) bond motifs is 1. The highest BCUT2D eigenvalue weighted by molar-refractivity contribution is 5.93. The number of methoxy groups -OCH3 is 1. The number of nitrogens with one attached hydrogen (secondary N) is 3. The van der Waals surface area contributed by atoms with Crippen molar-refractivity contribution < 1.29 is 23.0 Å². The predicted octanol–water partition coefficient (Wildman–Crippen LogP) is 4.78. The van der Waals surface area contributed by atoms with E-state index >= 15 is 0 Å². The molecule has 1 fully saturated rings. The number of H-pyrrole nitrogens is 1. The van der Waals surface area contributed by atoms with Crippen LogP contribution in [-0.4, -0.2) is 57.3 Å². The molecule has 2 aromatic carbocycles. The molecule has 0 aliphatic heterocycles. The zero-order valence-corrected chi connectivity index (χ0v) is 22.4. The van der Waals surface area contributed by atoms with Crippen molar-refractivity contribution in [3.8, 4) is 24.0 Å². The Kier molecular flexibility index (Phi) is 8.43. The van der Waals surface area contributed by atoms with Crippen molar-refractivity contribution in [3.63, 3.8) is 0 Å². The van der Waals surface area contributed by atoms with Crippen molar-refractivity contribution in [2.24, 2.45) is 0 Å². The quantitative estimate of drug-likeness (QED) is 0.129. The number of carbonyl (C=O) groups excluding carboxylic acids is 1. The summed E-state index contributed by atoms with van der Waals surface area (Å²) in [5.41, 5.74) is 0.847. The maximum absolute atomic E-state index is 13.9. The van der Waals surface area contributed by atoms with Crippen LogP contribution in [0.25, 0.3) is 10.9 Å². The Labute approximate surface area is 235 Å². The van der Waals surface area contributed by atoms with E-state index in [-0.39, 0.29) is 12.1 Å². The third kappa shape index (κ3) is 6.46. The summed E-state index contributed by atoms with van der Waals surface area (Å²) in [5.74, 6) is -0.756. The summed E-state index contributed by atoms with van der Waals surface area (Å²) >= 11 is 0. The molecule has 12 heteroatoms. The summed E-state index contributed by atoms with van der Waals surface area (Å²) in [7, 11) is 1.56. The van der Waals surface area contributed by atoms with Gasteiger partial charge in [0.05, 0.1) is 31.3 Å². The largest absolute Gasteiger partial charge is 0.493 e. The molecule has 5 rings (SSSR count). The van der Waals surface area contributed by atoms with Gasteiger partial charge in [0.25, 0.3) is 0 Å². The van der Waals surface area contributed by atoms with Crippen molar-refractivity contribution >= 4 is 34.1 Å². The normalized spacial score (nSPS) is 12.8. The van der Waals surface area contributed by atoms with Crippen molar-refractivity contribution in [2.75, 3.05) is 30.9 Å². The van der Waals surface area contributed by atoms with Crippen LogP contribution in [0.2, 0.25) is 0 Å². The first kappa shape index (κ1) is 27.6. The summed E-state index contributed by atoms with van der Waals surface area (Å²) in [4.78, 5) is 23.1. The number of terminal acetylenes is 1. The molecule has 0 unspecified atom stereocenters. The smallest absolute Gasteiger partial charge is 0.230 e. The number of aromatic nitrogens is 4. The van der Waals surface area contributed by atoms with Gasteiger partial charge in [-0.2, -0.15) is 5.10 Å². The predicted molar refractivity (Wildman–Crippen MR) is 150 cm³/mol. The number of nitrogens with zero attached hydrogens (tertiary/aromatic N) is 4. The van der Waals surface area contributed by atoms with E-state index in [9.17, 15) is 13.6 Å². The average Bonchev–Trinajstić information content (AvgIpc) is 3.37. The van der Waals surface area contributed by atoms with Crippen LogP contribution in [0.15, 0.2) is 42.7 Å². The van der Waals surface area contributed by atoms with Crippen LogP contribution >= 0.6 is 0 Å². The van der Waals surface area contributed by atoms with E-state index < -0.39 is 17.5 Å². The molecule has 0 bridgehead atoms. The highest BCUT2D eigenvalue weighted by atomic mass is 19.2. The average molecular weight is 562 g/mol. The Bertz CT molecular complexity index is 1580. The first-order valence-electron chi connectivity index (χ1n) is 13.2. The van der Waals surface area contributed by atoms with Gasteiger partial charge in [-0.1, -0.05) is 12.5 Å². The Morgan fingerprint density at radius 1 is 1.22 bits per heavy atom. The number of amides is 1. The highest BCUT2D eigenvalue weighted by Gasteiger charge is 2.22. The van der Waals surface area contributed by atoms with Gasteiger partial charge in [-0.3, -0.25) is 9.89 Å². The minimum absolute atomic E-state index is 0.135. The number of halogens is 2. The molecule has 2 heterocycles. The molecule has 212 valence electrons. The number of ether oxygens (including phenoxy) is 2. The molecule has 41 heavy (non-hydrogen) atoms. The molecular weight excluding hydrogens is 532 g/mol. The van der Waals surface area contributed by atoms with Gasteiger partial charge in [-0.15, -0.1) is 0 Å². The van der Waals surface area contributed by atoms with Gasteiger partial charge in [0.1, 0.15) is 12.1 Å². The molecule has 0 spiro atoms. The molecule has 0 saturated heterocycles. The lowest BCUT2D eigenvalue weighted by molar-refractivity contribution is -0.115. The van der Waals surface area contributed by atoms with Gasteiger partial charge in [0.2, 0.25) is 5.91 Å². The minimum Gasteiger partial charge on any atom is -0.493 e. The zero-order chi connectivity index (χ0) is 28.8. The Morgan fingerprint density at radius 3 is 2.83 bits per heavy atom. The zero-order valence-electron chi connectivity index (χ0n) is 22.4. The van der Waals surface area contributed by atoms with Gasteiger partial charge in [-0.05, 0) is 43.9 Å². The molecule has 1 aliphatic rings. The number of aromatic amines is 1. The van der Waals surface area contributed by atoms with Crippen molar-refractivity contribution in [2.45, 2.75) is 38.1 Å². The summed E-state index contributed by atoms with van der Waals surface area (Å²) in [6, 6.07) is 12.0. The van der Waals surface area contributed by atoms with Gasteiger partial charge in [0, 0.05) is 41.8 Å². The lowest BCUT2D eigenvalue weighted by Crippen LogP contribution is -2.37. The molecule has 1 saturated carbocycles. The van der Waals surface area contributed by atoms with Crippen LogP contribution in [-0.2, 0) is 11.2 Å². The lowest BCUT2D eigenvalue weighted by Gasteiger charge is -2.34. The Morgan fingerprint density at radius 2 is 2.07 bits per heavy atom. The van der Waals surface area contributed by atoms with E-state index in [1.165, 1.54) is 24.9 Å². The topological polar surface area (TPSA) is 117 Å². The molecule has 0 atom stereocenters. The summed E-state index contributed by atoms with van der Waals surface area (Å²) in [6.45, 7) is 1.24. The fourth-order valence-electron chi connectivity index (χ4n) is 4.51. The van der Waals surface area contributed by atoms with E-state index in [2.05, 4.69) is 36.8 Å². The van der Waals surface area contributed by atoms with Crippen LogP contribution < -0.4 is 20.1 Å². The van der Waals surface area contributed by atoms with Crippen molar-refractivity contribution in [1.29, 1.82) is 0 Å². The van der Waals surface area contributed by atoms with Crippen molar-refractivity contribution in [3.05, 3.63) is 60.1 Å². The monoisotopic (exact) mass is 561 g/mol. The standard InChI is InChI=1S/C29H29F2N7O3/c1-3-38(19-7-4-8-19)11-6-12-41-25-16-23-20(15-24(25)40-2)29(33-17-32-23)35-26-13-18(36-37-26)14-27(39)34-22-10-5-9-21(30)28(22)31/h1,5,9-10,13,15-17,19H,4,6-8,11-12,14H2,2H3,(H,34,39)(H2,32,33,35,36,37). The number of rotatable bonds is 12. The molecule has 10 nitrogen and oxygen atoms in total. The number of hydrogen-bond donors (Lipinski definition) is 3. The van der Waals surface area contributed by atoms with Crippen LogP contribution in [0.4, 0.5) is 26.1 Å². The second kappa shape index (κ2) is 12.5. The maximum Gasteiger partial charge on any atom is 0.230 e. The maximum atomic E-state index is 13.9. The third-order valence-electron chi connectivity index (χ3n) is 6.86. The molecular formula is C29H29F2N7O3. The molecule has 3 N–H and O–H groups in total. The second-order valence-corrected chi connectivity index (χ2v) is 9.58. The fourth-order valence-corrected chi connectivity index (χ4v) is 4.51. The molecule has 0 radical (unpaired) electrons. The molecule has 1 amide bonds. The van der Waals surface area contributed by atoms with E-state index in [0.29, 0.717) is 52.4 Å². The Hall–Kier alpha value is -4.92. The SMILES string of the molecule is C#CN(CCCOc1cc2ncnc(Nc3cc(CC(=O)Nc4cccc(F)c4F)[nH]n3)c2cc1OC)C1CCC1. The fraction of sp³-hybridized carbons (Fsp3) is 0.310. The van der Waals surface area contributed by atoms with Crippen LogP contribution in [0.1, 0.15) is 31.4 Å². The summed E-state index contributed by atoms with van der Waals surface area (Å²) in [6.07, 6.45) is 11.2. The number of benzene rings is 2. The van der Waals surface area contributed by atoms with E-state index in [1.807, 2.05) is 4.90 Å². The lowest BCUT2D eigenvalue weighted by atomic mass is 9.92. The molecule has 2 aromatic heterocycles. The first-order chi connectivity index (χ1) is 19.9. The van der Waals surface area contributed by atoms with Gasteiger partial charge in [-0.25, -0.2) is 18.7 Å². The van der Waals surface area contributed by atoms with Crippen LogP contribution in [0.5, 0.6) is 11.5 Å². The second-order valence-electron chi connectivity index (χ2n) is 9.58. The minimum atomic E-state index is -1.12. The van der Waals surface area contributed by atoms with E-state index in [0.717, 1.165) is 31.9 Å². The molecule has 4 aromatic rings. The van der Waals surface area contributed by atoms with Crippen LogP contribution in [0.3, 0.4) is 0 Å². The first-order valence-corrected chi connectivity index (χ1v) is 13.2. The molecule has 1 aliphatic carbocycles. The number of anilines is 3.